The van der Waals surface area contributed by atoms with Gasteiger partial charge in [0.1, 0.15) is 5.82 Å². The number of piperazine rings is 1. The number of anilines is 2. The lowest BCUT2D eigenvalue weighted by Crippen LogP contribution is -2.49. The van der Waals surface area contributed by atoms with Crippen LogP contribution in [0.2, 0.25) is 0 Å². The van der Waals surface area contributed by atoms with Gasteiger partial charge in [-0.15, -0.1) is 0 Å². The van der Waals surface area contributed by atoms with Gasteiger partial charge in [0.25, 0.3) is 0 Å². The molecule has 1 aromatic heterocycles. The van der Waals surface area contributed by atoms with Crippen LogP contribution < -0.4 is 10.2 Å². The normalized spacial score (nSPS) is 14.6. The molecule has 1 N–H and O–H groups in total. The van der Waals surface area contributed by atoms with Crippen molar-refractivity contribution in [2.24, 2.45) is 0 Å². The van der Waals surface area contributed by atoms with Crippen molar-refractivity contribution in [3.63, 3.8) is 0 Å². The third kappa shape index (κ3) is 5.18. The summed E-state index contributed by atoms with van der Waals surface area (Å²) >= 11 is 0. The van der Waals surface area contributed by atoms with Gasteiger partial charge in [0, 0.05) is 44.3 Å². The van der Waals surface area contributed by atoms with Crippen LogP contribution in [0, 0.1) is 0 Å². The van der Waals surface area contributed by atoms with E-state index in [4.69, 9.17) is 0 Å². The van der Waals surface area contributed by atoms with Crippen molar-refractivity contribution in [1.82, 2.24) is 14.9 Å². The summed E-state index contributed by atoms with van der Waals surface area (Å²) in [7, 11) is 0. The number of hydrogen-bond acceptors (Lipinski definition) is 5. The second kappa shape index (κ2) is 9.30. The van der Waals surface area contributed by atoms with Crippen LogP contribution in [0.5, 0.6) is 0 Å². The molecule has 4 rings (SSSR count). The summed E-state index contributed by atoms with van der Waals surface area (Å²) in [4.78, 5) is 25.5. The molecule has 0 unspecified atom stereocenters. The van der Waals surface area contributed by atoms with Crippen molar-refractivity contribution in [2.75, 3.05) is 42.9 Å². The molecule has 6 nitrogen and oxygen atoms in total. The molecule has 1 amide bonds. The fraction of sp³-hybridized carbons (Fsp3) is 0.261. The fourth-order valence-electron chi connectivity index (χ4n) is 3.59. The Morgan fingerprint density at radius 3 is 2.45 bits per heavy atom. The standard InChI is InChI=1S/C23H25N5O/c29-23(18-27-12-14-28(15-13-27)22-17-24-10-11-25-22)26-21-9-5-4-8-20(21)16-19-6-2-1-3-7-19/h1-11,17H,12-16,18H2,(H,26,29). The number of rotatable bonds is 6. The zero-order chi connectivity index (χ0) is 19.9. The molecule has 0 radical (unpaired) electrons. The van der Waals surface area contributed by atoms with Crippen molar-refractivity contribution in [1.29, 1.82) is 0 Å². The summed E-state index contributed by atoms with van der Waals surface area (Å²) in [5.41, 5.74) is 3.24. The van der Waals surface area contributed by atoms with Gasteiger partial charge in [-0.05, 0) is 23.6 Å². The first kappa shape index (κ1) is 19.1. The smallest absolute Gasteiger partial charge is 0.238 e. The Morgan fingerprint density at radius 1 is 0.931 bits per heavy atom. The lowest BCUT2D eigenvalue weighted by Gasteiger charge is -2.34. The van der Waals surface area contributed by atoms with Gasteiger partial charge in [-0.3, -0.25) is 14.7 Å². The predicted octanol–water partition coefficient (Wildman–Crippen LogP) is 2.83. The molecule has 1 aliphatic heterocycles. The third-order valence-corrected chi connectivity index (χ3v) is 5.14. The highest BCUT2D eigenvalue weighted by atomic mass is 16.2. The van der Waals surface area contributed by atoms with Gasteiger partial charge in [-0.25, -0.2) is 4.98 Å². The van der Waals surface area contributed by atoms with Crippen molar-refractivity contribution in [3.05, 3.63) is 84.3 Å². The van der Waals surface area contributed by atoms with Crippen molar-refractivity contribution in [2.45, 2.75) is 6.42 Å². The van der Waals surface area contributed by atoms with E-state index in [9.17, 15) is 4.79 Å². The number of nitrogens with zero attached hydrogens (tertiary/aromatic N) is 4. The Balaban J connectivity index is 1.31. The molecule has 0 aliphatic carbocycles. The Morgan fingerprint density at radius 2 is 1.69 bits per heavy atom. The van der Waals surface area contributed by atoms with Crippen LogP contribution >= 0.6 is 0 Å². The maximum atomic E-state index is 12.6. The van der Waals surface area contributed by atoms with Crippen LogP contribution in [0.3, 0.4) is 0 Å². The molecule has 0 spiro atoms. The SMILES string of the molecule is O=C(CN1CCN(c2cnccn2)CC1)Nc1ccccc1Cc1ccccc1. The Bertz CT molecular complexity index is 924. The third-order valence-electron chi connectivity index (χ3n) is 5.14. The van der Waals surface area contributed by atoms with E-state index in [1.54, 1.807) is 18.6 Å². The van der Waals surface area contributed by atoms with E-state index in [1.807, 2.05) is 36.4 Å². The molecule has 6 heteroatoms. The molecule has 3 aromatic rings. The molecule has 29 heavy (non-hydrogen) atoms. The second-order valence-corrected chi connectivity index (χ2v) is 7.19. The summed E-state index contributed by atoms with van der Waals surface area (Å²) in [5.74, 6) is 0.921. The monoisotopic (exact) mass is 387 g/mol. The molecular weight excluding hydrogens is 362 g/mol. The molecule has 0 bridgehead atoms. The number of carbonyl (C=O) groups is 1. The minimum Gasteiger partial charge on any atom is -0.353 e. The minimum atomic E-state index is 0.0264. The summed E-state index contributed by atoms with van der Waals surface area (Å²) in [6, 6.07) is 18.3. The van der Waals surface area contributed by atoms with Crippen LogP contribution in [-0.2, 0) is 11.2 Å². The predicted molar refractivity (Wildman–Crippen MR) is 115 cm³/mol. The summed E-state index contributed by atoms with van der Waals surface area (Å²) in [6.45, 7) is 3.74. The number of nitrogens with one attached hydrogen (secondary N) is 1. The number of benzene rings is 2. The molecule has 2 aromatic carbocycles. The van der Waals surface area contributed by atoms with Crippen molar-refractivity contribution in [3.8, 4) is 0 Å². The topological polar surface area (TPSA) is 61.4 Å². The molecule has 1 fully saturated rings. The maximum Gasteiger partial charge on any atom is 0.238 e. The van der Waals surface area contributed by atoms with Crippen LogP contribution in [0.4, 0.5) is 11.5 Å². The molecule has 1 aliphatic rings. The molecule has 1 saturated heterocycles. The molecular formula is C23H25N5O. The number of aromatic nitrogens is 2. The van der Waals surface area contributed by atoms with E-state index < -0.39 is 0 Å². The van der Waals surface area contributed by atoms with Gasteiger partial charge in [0.15, 0.2) is 0 Å². The largest absolute Gasteiger partial charge is 0.353 e. The van der Waals surface area contributed by atoms with E-state index in [-0.39, 0.29) is 5.91 Å². The highest BCUT2D eigenvalue weighted by Crippen LogP contribution is 2.19. The van der Waals surface area contributed by atoms with Gasteiger partial charge < -0.3 is 10.2 Å². The lowest BCUT2D eigenvalue weighted by molar-refractivity contribution is -0.117. The van der Waals surface area contributed by atoms with Crippen molar-refractivity contribution >= 4 is 17.4 Å². The number of amides is 1. The number of hydrogen-bond donors (Lipinski definition) is 1. The quantitative estimate of drug-likeness (QED) is 0.705. The van der Waals surface area contributed by atoms with Crippen molar-refractivity contribution < 1.29 is 4.79 Å². The molecule has 0 atom stereocenters. The second-order valence-electron chi connectivity index (χ2n) is 7.19. The zero-order valence-corrected chi connectivity index (χ0v) is 16.4. The Labute approximate surface area is 171 Å². The van der Waals surface area contributed by atoms with Crippen LogP contribution in [0.15, 0.2) is 73.2 Å². The lowest BCUT2D eigenvalue weighted by atomic mass is 10.0. The Hall–Kier alpha value is -3.25. The molecule has 148 valence electrons. The van der Waals surface area contributed by atoms with Gasteiger partial charge >= 0.3 is 0 Å². The fourth-order valence-corrected chi connectivity index (χ4v) is 3.59. The average Bonchev–Trinajstić information content (AvgIpc) is 2.77. The minimum absolute atomic E-state index is 0.0264. The van der Waals surface area contributed by atoms with Crippen LogP contribution in [0.25, 0.3) is 0 Å². The first-order valence-corrected chi connectivity index (χ1v) is 9.93. The van der Waals surface area contributed by atoms with Crippen LogP contribution in [-0.4, -0.2) is 53.5 Å². The molecule has 0 saturated carbocycles. The van der Waals surface area contributed by atoms with E-state index in [1.165, 1.54) is 5.56 Å². The van der Waals surface area contributed by atoms with Crippen LogP contribution in [0.1, 0.15) is 11.1 Å². The summed E-state index contributed by atoms with van der Waals surface area (Å²) in [6.07, 6.45) is 5.97. The first-order valence-electron chi connectivity index (χ1n) is 9.93. The van der Waals surface area contributed by atoms with Gasteiger partial charge in [0.2, 0.25) is 5.91 Å². The Kier molecular flexibility index (Phi) is 6.12. The van der Waals surface area contributed by atoms with E-state index in [0.29, 0.717) is 6.54 Å². The summed E-state index contributed by atoms with van der Waals surface area (Å²) < 4.78 is 0. The van der Waals surface area contributed by atoms with E-state index >= 15 is 0 Å². The van der Waals surface area contributed by atoms with Gasteiger partial charge in [0.05, 0.1) is 12.7 Å². The number of carbonyl (C=O) groups excluding carboxylic acids is 1. The number of para-hydroxylation sites is 1. The molecule has 2 heterocycles. The average molecular weight is 387 g/mol. The van der Waals surface area contributed by atoms with Gasteiger partial charge in [-0.1, -0.05) is 48.5 Å². The summed E-state index contributed by atoms with van der Waals surface area (Å²) in [5, 5.41) is 3.10. The first-order chi connectivity index (χ1) is 14.3. The van der Waals surface area contributed by atoms with E-state index in [2.05, 4.69) is 43.3 Å². The highest BCUT2D eigenvalue weighted by molar-refractivity contribution is 5.93. The van der Waals surface area contributed by atoms with E-state index in [0.717, 1.165) is 49.7 Å². The highest BCUT2D eigenvalue weighted by Gasteiger charge is 2.20. The van der Waals surface area contributed by atoms with Gasteiger partial charge in [-0.2, -0.15) is 0 Å². The zero-order valence-electron chi connectivity index (χ0n) is 16.4. The maximum absolute atomic E-state index is 12.6.